The Kier molecular flexibility index (Phi) is 3.30. The highest BCUT2D eigenvalue weighted by atomic mass is 16.5. The number of esters is 1. The van der Waals surface area contributed by atoms with Gasteiger partial charge in [0, 0.05) is 0 Å². The van der Waals surface area contributed by atoms with Gasteiger partial charge < -0.3 is 4.74 Å². The smallest absolute Gasteiger partial charge is 0.326 e. The van der Waals surface area contributed by atoms with Crippen LogP contribution in [-0.4, -0.2) is 26.5 Å². The average molecular weight is 321 g/mol. The van der Waals surface area contributed by atoms with Gasteiger partial charge in [0.1, 0.15) is 6.54 Å². The van der Waals surface area contributed by atoms with E-state index in [2.05, 4.69) is 4.98 Å². The second-order valence-corrected chi connectivity index (χ2v) is 5.45. The summed E-state index contributed by atoms with van der Waals surface area (Å²) < 4.78 is 8.33. The number of rotatable bonds is 3. The summed E-state index contributed by atoms with van der Waals surface area (Å²) in [7, 11) is 0. The maximum atomic E-state index is 12.9. The second kappa shape index (κ2) is 5.49. The summed E-state index contributed by atoms with van der Waals surface area (Å²) in [6, 6.07) is 14.7. The van der Waals surface area contributed by atoms with Crippen molar-refractivity contribution in [3.63, 3.8) is 0 Å². The molecule has 0 aliphatic carbocycles. The normalized spacial score (nSPS) is 11.4. The maximum absolute atomic E-state index is 12.9. The number of hydrogen-bond donors (Lipinski definition) is 0. The molecule has 120 valence electrons. The first kappa shape index (κ1) is 14.4. The summed E-state index contributed by atoms with van der Waals surface area (Å²) >= 11 is 0. The highest BCUT2D eigenvalue weighted by Gasteiger charge is 2.17. The number of hydrogen-bond acceptors (Lipinski definition) is 4. The van der Waals surface area contributed by atoms with Gasteiger partial charge in [0.25, 0.3) is 5.56 Å². The zero-order chi connectivity index (χ0) is 16.7. The zero-order valence-corrected chi connectivity index (χ0v) is 13.1. The van der Waals surface area contributed by atoms with Crippen molar-refractivity contribution in [1.29, 1.82) is 0 Å². The Labute approximate surface area is 136 Å². The molecule has 0 N–H and O–H groups in total. The molecule has 4 rings (SSSR count). The van der Waals surface area contributed by atoms with Crippen molar-refractivity contribution in [2.45, 2.75) is 13.5 Å². The summed E-state index contributed by atoms with van der Waals surface area (Å²) in [4.78, 5) is 29.5. The molecule has 0 fully saturated rings. The van der Waals surface area contributed by atoms with Gasteiger partial charge in [0.2, 0.25) is 5.78 Å². The van der Waals surface area contributed by atoms with Crippen LogP contribution in [0.5, 0.6) is 0 Å². The van der Waals surface area contributed by atoms with E-state index < -0.39 is 0 Å². The van der Waals surface area contributed by atoms with Crippen molar-refractivity contribution in [1.82, 2.24) is 14.0 Å². The van der Waals surface area contributed by atoms with E-state index in [1.807, 2.05) is 36.4 Å². The average Bonchev–Trinajstić information content (AvgIpc) is 2.90. The molecule has 6 heteroatoms. The fourth-order valence-corrected chi connectivity index (χ4v) is 3.00. The van der Waals surface area contributed by atoms with Gasteiger partial charge in [-0.05, 0) is 31.2 Å². The molecule has 0 atom stereocenters. The molecule has 2 heterocycles. The first-order valence-corrected chi connectivity index (χ1v) is 7.75. The minimum Gasteiger partial charge on any atom is -0.465 e. The van der Waals surface area contributed by atoms with E-state index in [0.717, 1.165) is 11.0 Å². The molecule has 0 radical (unpaired) electrons. The van der Waals surface area contributed by atoms with Crippen LogP contribution in [0.3, 0.4) is 0 Å². The van der Waals surface area contributed by atoms with E-state index in [1.54, 1.807) is 28.0 Å². The van der Waals surface area contributed by atoms with Gasteiger partial charge in [-0.3, -0.25) is 14.2 Å². The number of fused-ring (bicyclic) bond motifs is 4. The van der Waals surface area contributed by atoms with Crippen molar-refractivity contribution in [3.8, 4) is 0 Å². The predicted molar refractivity (Wildman–Crippen MR) is 91.1 cm³/mol. The van der Waals surface area contributed by atoms with Gasteiger partial charge in [-0.15, -0.1) is 0 Å². The molecule has 0 spiro atoms. The molecule has 0 saturated carbocycles. The summed E-state index contributed by atoms with van der Waals surface area (Å²) in [6.45, 7) is 2.09. The van der Waals surface area contributed by atoms with Gasteiger partial charge >= 0.3 is 5.97 Å². The van der Waals surface area contributed by atoms with Crippen LogP contribution < -0.4 is 5.56 Å². The Morgan fingerprint density at radius 1 is 1.08 bits per heavy atom. The molecule has 4 aromatic rings. The number of carbonyl (C=O) groups excluding carboxylic acids is 1. The van der Waals surface area contributed by atoms with Gasteiger partial charge in [-0.25, -0.2) is 9.38 Å². The van der Waals surface area contributed by atoms with Crippen LogP contribution in [0.4, 0.5) is 0 Å². The Morgan fingerprint density at radius 3 is 2.58 bits per heavy atom. The van der Waals surface area contributed by atoms with E-state index in [0.29, 0.717) is 23.3 Å². The van der Waals surface area contributed by atoms with Crippen molar-refractivity contribution in [2.24, 2.45) is 0 Å². The molecule has 0 amide bonds. The molecule has 24 heavy (non-hydrogen) atoms. The first-order valence-electron chi connectivity index (χ1n) is 7.75. The third-order valence-electron chi connectivity index (χ3n) is 4.01. The zero-order valence-electron chi connectivity index (χ0n) is 13.1. The number of benzene rings is 2. The second-order valence-electron chi connectivity index (χ2n) is 5.45. The quantitative estimate of drug-likeness (QED) is 0.543. The molecule has 0 bridgehead atoms. The van der Waals surface area contributed by atoms with E-state index in [4.69, 9.17) is 4.74 Å². The number of ether oxygens (including phenoxy) is 1. The molecule has 6 nitrogen and oxygen atoms in total. The van der Waals surface area contributed by atoms with Crippen LogP contribution in [0.1, 0.15) is 6.92 Å². The Balaban J connectivity index is 2.12. The van der Waals surface area contributed by atoms with Crippen molar-refractivity contribution in [2.75, 3.05) is 6.61 Å². The Morgan fingerprint density at radius 2 is 1.79 bits per heavy atom. The Hall–Kier alpha value is -3.15. The van der Waals surface area contributed by atoms with E-state index >= 15 is 0 Å². The largest absolute Gasteiger partial charge is 0.465 e. The molecule has 2 aromatic carbocycles. The van der Waals surface area contributed by atoms with E-state index in [1.165, 1.54) is 0 Å². The van der Waals surface area contributed by atoms with Crippen LogP contribution in [0, 0.1) is 0 Å². The highest BCUT2D eigenvalue weighted by molar-refractivity contribution is 5.87. The predicted octanol–water partition coefficient (Wildman–Crippen LogP) is 2.37. The molecule has 2 aromatic heterocycles. The number of para-hydroxylation sites is 3. The van der Waals surface area contributed by atoms with Gasteiger partial charge in [-0.1, -0.05) is 24.3 Å². The number of carbonyl (C=O) groups is 1. The lowest BCUT2D eigenvalue weighted by molar-refractivity contribution is -0.143. The monoisotopic (exact) mass is 321 g/mol. The van der Waals surface area contributed by atoms with E-state index in [-0.39, 0.29) is 18.1 Å². The third kappa shape index (κ3) is 2.07. The van der Waals surface area contributed by atoms with Gasteiger partial charge in [0.15, 0.2) is 0 Å². The van der Waals surface area contributed by atoms with Crippen molar-refractivity contribution < 1.29 is 9.53 Å². The maximum Gasteiger partial charge on any atom is 0.326 e. The summed E-state index contributed by atoms with van der Waals surface area (Å²) in [5.74, 6) is 0.0797. The number of imidazole rings is 1. The molecule has 0 unspecified atom stereocenters. The fourth-order valence-electron chi connectivity index (χ4n) is 3.00. The van der Waals surface area contributed by atoms with Crippen molar-refractivity contribution in [3.05, 3.63) is 58.9 Å². The van der Waals surface area contributed by atoms with E-state index in [9.17, 15) is 9.59 Å². The highest BCUT2D eigenvalue weighted by Crippen LogP contribution is 2.20. The molecule has 0 aliphatic rings. The number of aromatic nitrogens is 3. The van der Waals surface area contributed by atoms with Gasteiger partial charge in [-0.2, -0.15) is 0 Å². The van der Waals surface area contributed by atoms with Crippen LogP contribution in [0.2, 0.25) is 0 Å². The SMILES string of the molecule is CCOC(=O)Cn1c2ccccc2n2c(=O)c3ccccc3nc12. The lowest BCUT2D eigenvalue weighted by atomic mass is 10.2. The Bertz CT molecular complexity index is 1140. The molecule has 0 aliphatic heterocycles. The van der Waals surface area contributed by atoms with Crippen LogP contribution in [0.15, 0.2) is 53.3 Å². The summed E-state index contributed by atoms with van der Waals surface area (Å²) in [5, 5.41) is 0.550. The van der Waals surface area contributed by atoms with Crippen LogP contribution in [-0.2, 0) is 16.1 Å². The molecular formula is C18H15N3O3. The summed E-state index contributed by atoms with van der Waals surface area (Å²) in [5.41, 5.74) is 1.95. The topological polar surface area (TPSA) is 65.6 Å². The first-order chi connectivity index (χ1) is 11.7. The molecular weight excluding hydrogens is 306 g/mol. The minimum absolute atomic E-state index is 0.00956. The van der Waals surface area contributed by atoms with Crippen LogP contribution >= 0.6 is 0 Å². The van der Waals surface area contributed by atoms with Gasteiger partial charge in [0.05, 0.1) is 28.5 Å². The fraction of sp³-hybridized carbons (Fsp3) is 0.167. The lowest BCUT2D eigenvalue weighted by Gasteiger charge is -2.06. The third-order valence-corrected chi connectivity index (χ3v) is 4.01. The lowest BCUT2D eigenvalue weighted by Crippen LogP contribution is -2.17. The minimum atomic E-state index is -0.358. The van der Waals surface area contributed by atoms with Crippen molar-refractivity contribution >= 4 is 33.7 Å². The standard InChI is InChI=1S/C18H15N3O3/c1-2-24-16(22)11-20-14-9-5-6-10-15(14)21-17(23)12-7-3-4-8-13(12)19-18(20)21/h3-10H,2,11H2,1H3. The number of nitrogens with zero attached hydrogens (tertiary/aromatic N) is 3. The molecule has 0 saturated heterocycles. The van der Waals surface area contributed by atoms with Crippen LogP contribution in [0.25, 0.3) is 27.7 Å². The summed E-state index contributed by atoms with van der Waals surface area (Å²) in [6.07, 6.45) is 0.